The van der Waals surface area contributed by atoms with Crippen LogP contribution in [0.15, 0.2) is 10.6 Å². The number of rotatable bonds is 3. The molecule has 1 fully saturated rings. The summed E-state index contributed by atoms with van der Waals surface area (Å²) in [4.78, 5) is 2.43. The number of likely N-dealkylation sites (tertiary alicyclic amines) is 1. The predicted octanol–water partition coefficient (Wildman–Crippen LogP) is 1.54. The van der Waals surface area contributed by atoms with Crippen LogP contribution in [0.4, 0.5) is 0 Å². The summed E-state index contributed by atoms with van der Waals surface area (Å²) in [5.41, 5.74) is 6.85. The lowest BCUT2D eigenvalue weighted by atomic mass is 9.92. The van der Waals surface area contributed by atoms with E-state index in [1.807, 2.05) is 13.0 Å². The molecule has 0 radical (unpaired) electrons. The second-order valence-electron chi connectivity index (χ2n) is 4.92. The molecule has 0 spiro atoms. The van der Waals surface area contributed by atoms with E-state index < -0.39 is 0 Å². The molecule has 1 saturated heterocycles. The third-order valence-corrected chi connectivity index (χ3v) is 3.41. The van der Waals surface area contributed by atoms with Gasteiger partial charge in [-0.05, 0) is 32.2 Å². The fourth-order valence-corrected chi connectivity index (χ4v) is 2.45. The maximum Gasteiger partial charge on any atom is 0.133 e. The summed E-state index contributed by atoms with van der Waals surface area (Å²) in [6, 6.07) is 2.51. The average Bonchev–Trinajstić information content (AvgIpc) is 2.67. The summed E-state index contributed by atoms with van der Waals surface area (Å²) in [6.45, 7) is 6.96. The van der Waals surface area contributed by atoms with E-state index in [1.165, 1.54) is 12.8 Å². The van der Waals surface area contributed by atoms with Crippen LogP contribution in [0.5, 0.6) is 0 Å². The third kappa shape index (κ3) is 2.62. The van der Waals surface area contributed by atoms with Gasteiger partial charge < -0.3 is 10.3 Å². The summed E-state index contributed by atoms with van der Waals surface area (Å²) in [7, 11) is 0. The van der Waals surface area contributed by atoms with Crippen LogP contribution < -0.4 is 5.73 Å². The molecule has 2 atom stereocenters. The summed E-state index contributed by atoms with van der Waals surface area (Å²) < 4.78 is 5.09. The molecule has 0 bridgehead atoms. The number of hydrogen-bond donors (Lipinski definition) is 1. The number of piperidine rings is 1. The first-order valence-corrected chi connectivity index (χ1v) is 6.05. The lowest BCUT2D eigenvalue weighted by Gasteiger charge is -2.37. The minimum atomic E-state index is 0.501. The Morgan fingerprint density at radius 2 is 2.44 bits per heavy atom. The molecule has 1 aromatic rings. The van der Waals surface area contributed by atoms with Crippen molar-refractivity contribution in [3.05, 3.63) is 17.5 Å². The number of aromatic nitrogens is 1. The van der Waals surface area contributed by atoms with Gasteiger partial charge in [0, 0.05) is 25.2 Å². The summed E-state index contributed by atoms with van der Waals surface area (Å²) in [5, 5.41) is 4.04. The summed E-state index contributed by atoms with van der Waals surface area (Å²) in [5.74, 6) is 1.67. The normalized spacial score (nSPS) is 27.2. The fraction of sp³-hybridized carbons (Fsp3) is 0.750. The van der Waals surface area contributed by atoms with Gasteiger partial charge in [0.2, 0.25) is 0 Å². The molecule has 90 valence electrons. The van der Waals surface area contributed by atoms with Gasteiger partial charge in [0.1, 0.15) is 5.76 Å². The molecule has 1 aromatic heterocycles. The molecule has 2 unspecified atom stereocenters. The summed E-state index contributed by atoms with van der Waals surface area (Å²) in [6.07, 6.45) is 2.46. The van der Waals surface area contributed by atoms with Gasteiger partial charge >= 0.3 is 0 Å². The van der Waals surface area contributed by atoms with Crippen LogP contribution >= 0.6 is 0 Å². The standard InChI is InChI=1S/C12H21N3O/c1-9-3-4-15(12(5-9)7-13)8-11-6-10(2)16-14-11/h6,9,12H,3-5,7-8,13H2,1-2H3. The van der Waals surface area contributed by atoms with Crippen LogP contribution in [0.25, 0.3) is 0 Å². The predicted molar refractivity (Wildman–Crippen MR) is 62.9 cm³/mol. The SMILES string of the molecule is Cc1cc(CN2CCC(C)CC2CN)no1. The van der Waals surface area contributed by atoms with Crippen molar-refractivity contribution < 1.29 is 4.52 Å². The lowest BCUT2D eigenvalue weighted by Crippen LogP contribution is -2.45. The van der Waals surface area contributed by atoms with Crippen molar-refractivity contribution >= 4 is 0 Å². The van der Waals surface area contributed by atoms with E-state index >= 15 is 0 Å². The van der Waals surface area contributed by atoms with Crippen LogP contribution in [-0.2, 0) is 6.54 Å². The van der Waals surface area contributed by atoms with Crippen LogP contribution in [-0.4, -0.2) is 29.2 Å². The topological polar surface area (TPSA) is 55.3 Å². The summed E-state index contributed by atoms with van der Waals surface area (Å²) >= 11 is 0. The quantitative estimate of drug-likeness (QED) is 0.844. The lowest BCUT2D eigenvalue weighted by molar-refractivity contribution is 0.112. The van der Waals surface area contributed by atoms with E-state index in [2.05, 4.69) is 17.0 Å². The van der Waals surface area contributed by atoms with Crippen LogP contribution in [0.2, 0.25) is 0 Å². The zero-order valence-electron chi connectivity index (χ0n) is 10.1. The van der Waals surface area contributed by atoms with Crippen molar-refractivity contribution in [3.63, 3.8) is 0 Å². The van der Waals surface area contributed by atoms with Gasteiger partial charge in [0.25, 0.3) is 0 Å². The van der Waals surface area contributed by atoms with Crippen molar-refractivity contribution in [2.75, 3.05) is 13.1 Å². The maximum atomic E-state index is 5.83. The van der Waals surface area contributed by atoms with E-state index in [0.29, 0.717) is 6.04 Å². The smallest absolute Gasteiger partial charge is 0.133 e. The monoisotopic (exact) mass is 223 g/mol. The molecule has 2 rings (SSSR count). The third-order valence-electron chi connectivity index (χ3n) is 3.41. The average molecular weight is 223 g/mol. The second-order valence-corrected chi connectivity index (χ2v) is 4.92. The van der Waals surface area contributed by atoms with Crippen molar-refractivity contribution in [3.8, 4) is 0 Å². The Kier molecular flexibility index (Phi) is 3.61. The first kappa shape index (κ1) is 11.6. The highest BCUT2D eigenvalue weighted by atomic mass is 16.5. The number of hydrogen-bond acceptors (Lipinski definition) is 4. The molecule has 1 aliphatic rings. The van der Waals surface area contributed by atoms with E-state index in [1.54, 1.807) is 0 Å². The highest BCUT2D eigenvalue weighted by Crippen LogP contribution is 2.23. The molecule has 0 amide bonds. The van der Waals surface area contributed by atoms with Gasteiger partial charge in [-0.1, -0.05) is 12.1 Å². The molecule has 0 aliphatic carbocycles. The van der Waals surface area contributed by atoms with Crippen LogP contribution in [0, 0.1) is 12.8 Å². The van der Waals surface area contributed by atoms with Crippen molar-refractivity contribution in [2.45, 2.75) is 39.3 Å². The van der Waals surface area contributed by atoms with Crippen LogP contribution in [0.3, 0.4) is 0 Å². The number of aryl methyl sites for hydroxylation is 1. The Morgan fingerprint density at radius 3 is 3.06 bits per heavy atom. The first-order valence-electron chi connectivity index (χ1n) is 6.05. The largest absolute Gasteiger partial charge is 0.361 e. The fourth-order valence-electron chi connectivity index (χ4n) is 2.45. The number of nitrogens with two attached hydrogens (primary N) is 1. The number of nitrogens with zero attached hydrogens (tertiary/aromatic N) is 2. The Morgan fingerprint density at radius 1 is 1.62 bits per heavy atom. The van der Waals surface area contributed by atoms with Gasteiger partial charge in [0.05, 0.1) is 5.69 Å². The highest BCUT2D eigenvalue weighted by Gasteiger charge is 2.25. The van der Waals surface area contributed by atoms with Crippen molar-refractivity contribution in [1.82, 2.24) is 10.1 Å². The zero-order chi connectivity index (χ0) is 11.5. The molecular formula is C12H21N3O. The van der Waals surface area contributed by atoms with E-state index in [9.17, 15) is 0 Å². The molecule has 1 aliphatic heterocycles. The molecule has 2 heterocycles. The van der Waals surface area contributed by atoms with E-state index in [0.717, 1.165) is 37.0 Å². The minimum absolute atomic E-state index is 0.501. The Bertz CT molecular complexity index is 337. The van der Waals surface area contributed by atoms with Crippen molar-refractivity contribution in [2.24, 2.45) is 11.7 Å². The molecule has 2 N–H and O–H groups in total. The molecule has 0 aromatic carbocycles. The van der Waals surface area contributed by atoms with E-state index in [-0.39, 0.29) is 0 Å². The van der Waals surface area contributed by atoms with Gasteiger partial charge in [-0.15, -0.1) is 0 Å². The van der Waals surface area contributed by atoms with E-state index in [4.69, 9.17) is 10.3 Å². The minimum Gasteiger partial charge on any atom is -0.361 e. The Labute approximate surface area is 96.8 Å². The van der Waals surface area contributed by atoms with Crippen LogP contribution in [0.1, 0.15) is 31.2 Å². The zero-order valence-corrected chi connectivity index (χ0v) is 10.1. The van der Waals surface area contributed by atoms with Gasteiger partial charge in [-0.3, -0.25) is 4.90 Å². The highest BCUT2D eigenvalue weighted by molar-refractivity contribution is 5.04. The molecule has 16 heavy (non-hydrogen) atoms. The molecule has 0 saturated carbocycles. The Balaban J connectivity index is 1.97. The van der Waals surface area contributed by atoms with Gasteiger partial charge in [0.15, 0.2) is 0 Å². The second kappa shape index (κ2) is 4.97. The molecular weight excluding hydrogens is 202 g/mol. The maximum absolute atomic E-state index is 5.83. The van der Waals surface area contributed by atoms with Crippen molar-refractivity contribution in [1.29, 1.82) is 0 Å². The molecule has 4 nitrogen and oxygen atoms in total. The Hall–Kier alpha value is -0.870. The molecule has 4 heteroatoms. The van der Waals surface area contributed by atoms with Gasteiger partial charge in [-0.2, -0.15) is 0 Å². The van der Waals surface area contributed by atoms with Gasteiger partial charge in [-0.25, -0.2) is 0 Å². The first-order chi connectivity index (χ1) is 7.69.